The van der Waals surface area contributed by atoms with Gasteiger partial charge in [0.05, 0.1) is 7.11 Å². The van der Waals surface area contributed by atoms with Crippen molar-refractivity contribution < 1.29 is 9.53 Å². The number of hydrogen-bond acceptors (Lipinski definition) is 3. The number of methoxy groups -OCH3 is 1. The second-order valence-corrected chi connectivity index (χ2v) is 7.75. The zero-order chi connectivity index (χ0) is 20.4. The molecule has 1 aliphatic rings. The molecule has 2 atom stereocenters. The monoisotopic (exact) mass is 391 g/mol. The van der Waals surface area contributed by atoms with E-state index in [0.717, 1.165) is 36.2 Å². The van der Waals surface area contributed by atoms with Gasteiger partial charge in [-0.1, -0.05) is 30.3 Å². The van der Waals surface area contributed by atoms with Crippen LogP contribution < -0.4 is 4.74 Å². The number of amides is 1. The molecule has 0 aliphatic carbocycles. The van der Waals surface area contributed by atoms with Gasteiger partial charge < -0.3 is 14.6 Å². The molecule has 2 unspecified atom stereocenters. The number of benzene rings is 2. The molecule has 1 amide bonds. The Labute approximate surface area is 172 Å². The Kier molecular flexibility index (Phi) is 5.58. The van der Waals surface area contributed by atoms with Crippen LogP contribution in [0, 0.1) is 0 Å². The van der Waals surface area contributed by atoms with Gasteiger partial charge in [-0.15, -0.1) is 0 Å². The molecule has 0 saturated carbocycles. The average molecular weight is 392 g/mol. The first kappa shape index (κ1) is 19.5. The number of aromatic amines is 1. The van der Waals surface area contributed by atoms with Crippen molar-refractivity contribution in [3.63, 3.8) is 0 Å². The number of aromatic nitrogens is 1. The molecular weight excluding hydrogens is 362 g/mol. The van der Waals surface area contributed by atoms with Gasteiger partial charge in [0.15, 0.2) is 0 Å². The molecule has 2 heterocycles. The number of carbonyl (C=O) groups is 1. The van der Waals surface area contributed by atoms with E-state index in [0.29, 0.717) is 18.3 Å². The molecule has 5 nitrogen and oxygen atoms in total. The quantitative estimate of drug-likeness (QED) is 0.674. The van der Waals surface area contributed by atoms with E-state index < -0.39 is 0 Å². The SMILES string of the molecule is CCN(C(=O)c1cc2ccc(OC)cc2[nH]1)C1CCN(C(C)c2ccccc2)C1. The molecule has 1 fully saturated rings. The standard InChI is InChI=1S/C24H29N3O2/c1-4-27(20-12-13-26(16-20)17(2)18-8-6-5-7-9-18)24(28)23-14-19-10-11-21(29-3)15-22(19)25-23/h5-11,14-15,17,20,25H,4,12-13,16H2,1-3H3. The van der Waals surface area contributed by atoms with Crippen LogP contribution in [-0.4, -0.2) is 53.5 Å². The van der Waals surface area contributed by atoms with Crippen molar-refractivity contribution in [2.24, 2.45) is 0 Å². The van der Waals surface area contributed by atoms with Crippen molar-refractivity contribution >= 4 is 16.8 Å². The third kappa shape index (κ3) is 3.87. The van der Waals surface area contributed by atoms with Crippen LogP contribution >= 0.6 is 0 Å². The normalized spacial score (nSPS) is 18.1. The van der Waals surface area contributed by atoms with Gasteiger partial charge in [0.25, 0.3) is 5.91 Å². The van der Waals surface area contributed by atoms with Crippen LogP contribution in [0.3, 0.4) is 0 Å². The molecular formula is C24H29N3O2. The second-order valence-electron chi connectivity index (χ2n) is 7.75. The van der Waals surface area contributed by atoms with E-state index in [9.17, 15) is 4.79 Å². The molecule has 29 heavy (non-hydrogen) atoms. The third-order valence-corrected chi connectivity index (χ3v) is 6.13. The maximum atomic E-state index is 13.3. The van der Waals surface area contributed by atoms with E-state index in [1.165, 1.54) is 5.56 Å². The molecule has 0 bridgehead atoms. The fourth-order valence-corrected chi connectivity index (χ4v) is 4.39. The minimum Gasteiger partial charge on any atom is -0.497 e. The van der Waals surface area contributed by atoms with E-state index in [4.69, 9.17) is 4.74 Å². The highest BCUT2D eigenvalue weighted by Gasteiger charge is 2.33. The highest BCUT2D eigenvalue weighted by Crippen LogP contribution is 2.28. The number of carbonyl (C=O) groups excluding carboxylic acids is 1. The number of nitrogens with one attached hydrogen (secondary N) is 1. The summed E-state index contributed by atoms with van der Waals surface area (Å²) in [4.78, 5) is 21.1. The van der Waals surface area contributed by atoms with Crippen LogP contribution in [0.4, 0.5) is 0 Å². The molecule has 1 aliphatic heterocycles. The van der Waals surface area contributed by atoms with Crippen LogP contribution in [0.1, 0.15) is 42.4 Å². The summed E-state index contributed by atoms with van der Waals surface area (Å²) in [6.45, 7) is 6.93. The summed E-state index contributed by atoms with van der Waals surface area (Å²) in [5.74, 6) is 0.855. The molecule has 2 aromatic carbocycles. The van der Waals surface area contributed by atoms with Gasteiger partial charge >= 0.3 is 0 Å². The molecule has 5 heteroatoms. The minimum atomic E-state index is 0.0712. The van der Waals surface area contributed by atoms with Crippen molar-refractivity contribution in [1.82, 2.24) is 14.8 Å². The van der Waals surface area contributed by atoms with Crippen LogP contribution in [0.15, 0.2) is 54.6 Å². The summed E-state index contributed by atoms with van der Waals surface area (Å²) < 4.78 is 5.29. The first-order chi connectivity index (χ1) is 14.1. The fraction of sp³-hybridized carbons (Fsp3) is 0.375. The van der Waals surface area contributed by atoms with E-state index in [2.05, 4.69) is 54.1 Å². The van der Waals surface area contributed by atoms with Gasteiger partial charge in [-0.05, 0) is 44.0 Å². The van der Waals surface area contributed by atoms with Gasteiger partial charge in [-0.2, -0.15) is 0 Å². The zero-order valence-corrected chi connectivity index (χ0v) is 17.4. The largest absolute Gasteiger partial charge is 0.497 e. The summed E-state index contributed by atoms with van der Waals surface area (Å²) in [6.07, 6.45) is 1.00. The Morgan fingerprint density at radius 2 is 2.03 bits per heavy atom. The smallest absolute Gasteiger partial charge is 0.270 e. The maximum absolute atomic E-state index is 13.3. The van der Waals surface area contributed by atoms with Crippen molar-refractivity contribution in [3.8, 4) is 5.75 Å². The lowest BCUT2D eigenvalue weighted by Crippen LogP contribution is -2.42. The number of hydrogen-bond donors (Lipinski definition) is 1. The van der Waals surface area contributed by atoms with Gasteiger partial charge in [0.2, 0.25) is 0 Å². The number of fused-ring (bicyclic) bond motifs is 1. The lowest BCUT2D eigenvalue weighted by Gasteiger charge is -2.29. The lowest BCUT2D eigenvalue weighted by atomic mass is 10.1. The van der Waals surface area contributed by atoms with Crippen molar-refractivity contribution in [2.75, 3.05) is 26.7 Å². The molecule has 4 rings (SSSR count). The number of likely N-dealkylation sites (N-methyl/N-ethyl adjacent to an activating group) is 1. The summed E-state index contributed by atoms with van der Waals surface area (Å²) in [5, 5.41) is 1.02. The Morgan fingerprint density at radius 3 is 2.76 bits per heavy atom. The predicted octanol–water partition coefficient (Wildman–Crippen LogP) is 4.47. The van der Waals surface area contributed by atoms with Gasteiger partial charge in [0, 0.05) is 48.7 Å². The van der Waals surface area contributed by atoms with Gasteiger partial charge in [0.1, 0.15) is 11.4 Å². The molecule has 1 aromatic heterocycles. The highest BCUT2D eigenvalue weighted by molar-refractivity contribution is 5.98. The van der Waals surface area contributed by atoms with Crippen LogP contribution in [-0.2, 0) is 0 Å². The molecule has 1 saturated heterocycles. The summed E-state index contributed by atoms with van der Waals surface area (Å²) >= 11 is 0. The van der Waals surface area contributed by atoms with E-state index in [-0.39, 0.29) is 11.9 Å². The van der Waals surface area contributed by atoms with Crippen molar-refractivity contribution in [3.05, 3.63) is 65.9 Å². The van der Waals surface area contributed by atoms with Crippen molar-refractivity contribution in [1.29, 1.82) is 0 Å². The Hall–Kier alpha value is -2.79. The van der Waals surface area contributed by atoms with E-state index in [1.807, 2.05) is 29.2 Å². The number of ether oxygens (including phenoxy) is 1. The second kappa shape index (κ2) is 8.29. The zero-order valence-electron chi connectivity index (χ0n) is 17.4. The molecule has 1 N–H and O–H groups in total. The number of rotatable bonds is 6. The Bertz CT molecular complexity index is 982. The Morgan fingerprint density at radius 1 is 1.24 bits per heavy atom. The van der Waals surface area contributed by atoms with E-state index in [1.54, 1.807) is 7.11 Å². The van der Waals surface area contributed by atoms with Crippen LogP contribution in [0.2, 0.25) is 0 Å². The first-order valence-corrected chi connectivity index (χ1v) is 10.4. The van der Waals surface area contributed by atoms with Crippen LogP contribution in [0.25, 0.3) is 10.9 Å². The summed E-state index contributed by atoms with van der Waals surface area (Å²) in [7, 11) is 1.65. The molecule has 3 aromatic rings. The Balaban J connectivity index is 1.49. The topological polar surface area (TPSA) is 48.6 Å². The molecule has 152 valence electrons. The minimum absolute atomic E-state index is 0.0712. The van der Waals surface area contributed by atoms with Crippen LogP contribution in [0.5, 0.6) is 5.75 Å². The number of nitrogens with zero attached hydrogens (tertiary/aromatic N) is 2. The maximum Gasteiger partial charge on any atom is 0.270 e. The number of H-pyrrole nitrogens is 1. The molecule has 0 spiro atoms. The third-order valence-electron chi connectivity index (χ3n) is 6.13. The first-order valence-electron chi connectivity index (χ1n) is 10.4. The molecule has 0 radical (unpaired) electrons. The average Bonchev–Trinajstić information content (AvgIpc) is 3.41. The fourth-order valence-electron chi connectivity index (χ4n) is 4.39. The van der Waals surface area contributed by atoms with Crippen molar-refractivity contribution in [2.45, 2.75) is 32.4 Å². The summed E-state index contributed by atoms with van der Waals surface area (Å²) in [5.41, 5.74) is 2.89. The lowest BCUT2D eigenvalue weighted by molar-refractivity contribution is 0.0684. The number of likely N-dealkylation sites (tertiary alicyclic amines) is 1. The van der Waals surface area contributed by atoms with Gasteiger partial charge in [-0.3, -0.25) is 9.69 Å². The predicted molar refractivity (Wildman–Crippen MR) is 116 cm³/mol. The highest BCUT2D eigenvalue weighted by atomic mass is 16.5. The van der Waals surface area contributed by atoms with E-state index >= 15 is 0 Å². The van der Waals surface area contributed by atoms with Gasteiger partial charge in [-0.25, -0.2) is 0 Å². The summed E-state index contributed by atoms with van der Waals surface area (Å²) in [6, 6.07) is 19.0.